The first-order valence-corrected chi connectivity index (χ1v) is 11.6. The molecule has 0 aliphatic carbocycles. The van der Waals surface area contributed by atoms with Crippen LogP contribution in [0, 0.1) is 12.7 Å². The summed E-state index contributed by atoms with van der Waals surface area (Å²) >= 11 is 6.18. The molecule has 0 saturated carbocycles. The molecule has 0 aliphatic heterocycles. The highest BCUT2D eigenvalue weighted by Crippen LogP contribution is 2.29. The van der Waals surface area contributed by atoms with E-state index in [0.717, 1.165) is 9.87 Å². The van der Waals surface area contributed by atoms with Gasteiger partial charge in [-0.2, -0.15) is 0 Å². The molecule has 0 spiro atoms. The minimum Gasteiger partial charge on any atom is -0.497 e. The fraction of sp³-hybridized carbons (Fsp3) is 0.125. The number of amides is 1. The summed E-state index contributed by atoms with van der Waals surface area (Å²) in [5.74, 6) is -0.782. The number of benzene rings is 3. The minimum atomic E-state index is -4.09. The summed E-state index contributed by atoms with van der Waals surface area (Å²) < 4.78 is 47.2. The largest absolute Gasteiger partial charge is 0.497 e. The van der Waals surface area contributed by atoms with Gasteiger partial charge in [-0.3, -0.25) is 9.10 Å². The number of nitrogens with one attached hydrogen (secondary N) is 1. The number of halogens is 2. The molecule has 1 amide bonds. The van der Waals surface area contributed by atoms with Crippen molar-refractivity contribution in [3.63, 3.8) is 0 Å². The Morgan fingerprint density at radius 2 is 1.85 bits per heavy atom. The van der Waals surface area contributed by atoms with Crippen molar-refractivity contribution in [2.45, 2.75) is 11.8 Å². The number of sulfonamides is 1. The van der Waals surface area contributed by atoms with Gasteiger partial charge in [-0.05, 0) is 67.1 Å². The van der Waals surface area contributed by atoms with Crippen molar-refractivity contribution < 1.29 is 22.3 Å². The van der Waals surface area contributed by atoms with Crippen LogP contribution in [0.4, 0.5) is 15.8 Å². The van der Waals surface area contributed by atoms with Crippen LogP contribution < -0.4 is 14.4 Å². The third kappa shape index (κ3) is 5.35. The molecular weight excluding hydrogens is 467 g/mol. The van der Waals surface area contributed by atoms with Crippen LogP contribution in [0.5, 0.6) is 5.75 Å². The Morgan fingerprint density at radius 3 is 2.48 bits per heavy atom. The third-order valence-corrected chi connectivity index (χ3v) is 6.92. The lowest BCUT2D eigenvalue weighted by atomic mass is 10.2. The topological polar surface area (TPSA) is 75.7 Å². The van der Waals surface area contributed by atoms with Gasteiger partial charge in [0.15, 0.2) is 0 Å². The van der Waals surface area contributed by atoms with Crippen LogP contribution in [0.1, 0.15) is 15.9 Å². The second kappa shape index (κ2) is 10.1. The summed E-state index contributed by atoms with van der Waals surface area (Å²) in [5, 5.41) is 2.48. The molecule has 6 nitrogen and oxygen atoms in total. The number of ether oxygens (including phenoxy) is 1. The Kier molecular flexibility index (Phi) is 7.40. The van der Waals surface area contributed by atoms with Crippen LogP contribution in [-0.4, -0.2) is 28.0 Å². The summed E-state index contributed by atoms with van der Waals surface area (Å²) in [5.41, 5.74) is 0.995. The van der Waals surface area contributed by atoms with Gasteiger partial charge >= 0.3 is 0 Å². The lowest BCUT2D eigenvalue weighted by molar-refractivity contribution is 0.102. The second-order valence-corrected chi connectivity index (χ2v) is 9.37. The molecule has 0 heterocycles. The van der Waals surface area contributed by atoms with Gasteiger partial charge in [0, 0.05) is 0 Å². The van der Waals surface area contributed by atoms with Crippen LogP contribution in [0.25, 0.3) is 0 Å². The predicted octanol–water partition coefficient (Wildman–Crippen LogP) is 5.43. The number of aryl methyl sites for hydroxylation is 1. The first-order chi connectivity index (χ1) is 15.7. The Labute approximate surface area is 197 Å². The Hall–Kier alpha value is -3.36. The number of nitrogens with zero attached hydrogens (tertiary/aromatic N) is 1. The molecule has 0 aromatic heterocycles. The molecule has 172 valence electrons. The maximum absolute atomic E-state index is 14.1. The maximum atomic E-state index is 14.1. The van der Waals surface area contributed by atoms with Gasteiger partial charge in [-0.25, -0.2) is 12.8 Å². The lowest BCUT2D eigenvalue weighted by Crippen LogP contribution is -2.31. The molecule has 0 atom stereocenters. The summed E-state index contributed by atoms with van der Waals surface area (Å²) in [4.78, 5) is 12.7. The molecule has 1 N–H and O–H groups in total. The molecule has 0 bridgehead atoms. The summed E-state index contributed by atoms with van der Waals surface area (Å²) in [6.45, 7) is 5.38. The van der Waals surface area contributed by atoms with E-state index in [1.54, 1.807) is 37.3 Å². The number of carbonyl (C=O) groups is 1. The van der Waals surface area contributed by atoms with Gasteiger partial charge in [-0.1, -0.05) is 23.7 Å². The first-order valence-electron chi connectivity index (χ1n) is 9.82. The van der Waals surface area contributed by atoms with Gasteiger partial charge < -0.3 is 10.1 Å². The van der Waals surface area contributed by atoms with Crippen molar-refractivity contribution >= 4 is 38.9 Å². The van der Waals surface area contributed by atoms with Crippen molar-refractivity contribution in [2.24, 2.45) is 0 Å². The van der Waals surface area contributed by atoms with Crippen LogP contribution in [0.3, 0.4) is 0 Å². The van der Waals surface area contributed by atoms with Crippen molar-refractivity contribution in [3.05, 3.63) is 95.3 Å². The summed E-state index contributed by atoms with van der Waals surface area (Å²) in [7, 11) is -2.58. The van der Waals surface area contributed by atoms with Crippen LogP contribution >= 0.6 is 11.6 Å². The average molecular weight is 489 g/mol. The van der Waals surface area contributed by atoms with Gasteiger partial charge in [0.25, 0.3) is 15.9 Å². The molecule has 0 fully saturated rings. The maximum Gasteiger partial charge on any atom is 0.264 e. The molecule has 0 aliphatic rings. The highest BCUT2D eigenvalue weighted by molar-refractivity contribution is 7.92. The Balaban J connectivity index is 1.99. The zero-order valence-electron chi connectivity index (χ0n) is 18.0. The smallest absolute Gasteiger partial charge is 0.264 e. The lowest BCUT2D eigenvalue weighted by Gasteiger charge is -2.23. The van der Waals surface area contributed by atoms with Crippen LogP contribution in [0.2, 0.25) is 5.02 Å². The number of carbonyl (C=O) groups excluding carboxylic acids is 1. The molecule has 3 aromatic carbocycles. The molecule has 3 aromatic rings. The van der Waals surface area contributed by atoms with E-state index in [1.165, 1.54) is 43.5 Å². The van der Waals surface area contributed by atoms with Crippen molar-refractivity contribution in [1.29, 1.82) is 0 Å². The zero-order valence-corrected chi connectivity index (χ0v) is 19.6. The highest BCUT2D eigenvalue weighted by atomic mass is 35.5. The fourth-order valence-corrected chi connectivity index (χ4v) is 4.76. The van der Waals surface area contributed by atoms with Crippen molar-refractivity contribution in [3.8, 4) is 5.75 Å². The van der Waals surface area contributed by atoms with E-state index in [1.807, 2.05) is 0 Å². The van der Waals surface area contributed by atoms with Gasteiger partial charge in [0.05, 0.1) is 40.5 Å². The van der Waals surface area contributed by atoms with E-state index >= 15 is 0 Å². The van der Waals surface area contributed by atoms with Crippen molar-refractivity contribution in [2.75, 3.05) is 23.3 Å². The first kappa shape index (κ1) is 24.3. The number of anilines is 2. The van der Waals surface area contributed by atoms with Crippen LogP contribution in [-0.2, 0) is 10.0 Å². The Bertz CT molecular complexity index is 1290. The van der Waals surface area contributed by atoms with E-state index in [0.29, 0.717) is 11.4 Å². The second-order valence-electron chi connectivity index (χ2n) is 7.10. The SMILES string of the molecule is C=CCN(c1ccc(OC)cc1)S(=O)(=O)c1ccc(Cl)c(C(=O)Nc2cc(C)ccc2F)c1. The number of hydrogen-bond donors (Lipinski definition) is 1. The molecule has 0 unspecified atom stereocenters. The fourth-order valence-electron chi connectivity index (χ4n) is 3.10. The molecule has 0 saturated heterocycles. The quantitative estimate of drug-likeness (QED) is 0.429. The molecule has 0 radical (unpaired) electrons. The van der Waals surface area contributed by atoms with E-state index in [9.17, 15) is 17.6 Å². The van der Waals surface area contributed by atoms with E-state index in [2.05, 4.69) is 11.9 Å². The van der Waals surface area contributed by atoms with Crippen LogP contribution in [0.15, 0.2) is 78.2 Å². The molecule has 9 heteroatoms. The molecule has 33 heavy (non-hydrogen) atoms. The molecular formula is C24H22ClFN2O4S. The monoisotopic (exact) mass is 488 g/mol. The number of methoxy groups -OCH3 is 1. The van der Waals surface area contributed by atoms with Gasteiger partial charge in [0.2, 0.25) is 0 Å². The normalized spacial score (nSPS) is 11.0. The highest BCUT2D eigenvalue weighted by Gasteiger charge is 2.26. The van der Waals surface area contributed by atoms with E-state index < -0.39 is 21.7 Å². The number of hydrogen-bond acceptors (Lipinski definition) is 4. The standard InChI is InChI=1S/C24H22ClFN2O4S/c1-4-13-28(17-6-8-18(32-3)9-7-17)33(30,31)19-10-11-21(25)20(15-19)24(29)27-23-14-16(2)5-12-22(23)26/h4-12,14-15H,1,13H2,2-3H3,(H,27,29). The summed E-state index contributed by atoms with van der Waals surface area (Å²) in [6.07, 6.45) is 1.45. The predicted molar refractivity (Wildman–Crippen MR) is 128 cm³/mol. The zero-order chi connectivity index (χ0) is 24.2. The average Bonchev–Trinajstić information content (AvgIpc) is 2.80. The van der Waals surface area contributed by atoms with E-state index in [4.69, 9.17) is 16.3 Å². The third-order valence-electron chi connectivity index (χ3n) is 4.80. The molecule has 3 rings (SSSR count). The number of rotatable bonds is 8. The Morgan fingerprint density at radius 1 is 1.15 bits per heavy atom. The van der Waals surface area contributed by atoms with Gasteiger partial charge in [0.1, 0.15) is 11.6 Å². The minimum absolute atomic E-state index is 0.00663. The van der Waals surface area contributed by atoms with Crippen molar-refractivity contribution in [1.82, 2.24) is 0 Å². The van der Waals surface area contributed by atoms with E-state index in [-0.39, 0.29) is 27.7 Å². The summed E-state index contributed by atoms with van der Waals surface area (Å²) in [6, 6.07) is 14.5. The van der Waals surface area contributed by atoms with Gasteiger partial charge in [-0.15, -0.1) is 6.58 Å².